The Morgan fingerprint density at radius 3 is 0.950 bits per heavy atom. The van der Waals surface area contributed by atoms with Gasteiger partial charge in [-0.3, -0.25) is 38.4 Å². The van der Waals surface area contributed by atoms with Crippen LogP contribution in [0.5, 0.6) is 0 Å². The molecule has 8 bridgehead atoms. The van der Waals surface area contributed by atoms with Gasteiger partial charge in [0.05, 0.1) is 55.5 Å². The van der Waals surface area contributed by atoms with E-state index in [-0.39, 0.29) is 147 Å². The van der Waals surface area contributed by atoms with Gasteiger partial charge in [0.25, 0.3) is 47.3 Å². The molecule has 8 aliphatic heterocycles. The van der Waals surface area contributed by atoms with E-state index >= 15 is 0 Å². The van der Waals surface area contributed by atoms with Crippen LogP contribution in [-0.4, -0.2) is 248 Å². The number of carbonyl (C=O) groups excluding carboxylic acids is 8. The number of anilines is 4. The summed E-state index contributed by atoms with van der Waals surface area (Å²) in [5.74, 6) is 3.06. The van der Waals surface area contributed by atoms with E-state index in [0.29, 0.717) is 103 Å². The highest BCUT2D eigenvalue weighted by atomic mass is 32.1. The molecule has 8 aromatic heterocycles. The molecule has 13 aliphatic rings. The number of thiazole rings is 4. The topological polar surface area (TPSA) is 430 Å². The molecule has 8 saturated heterocycles. The van der Waals surface area contributed by atoms with Crippen LogP contribution in [0.1, 0.15) is 346 Å². The highest BCUT2D eigenvalue weighted by Crippen LogP contribution is 2.48. The van der Waals surface area contributed by atoms with Gasteiger partial charge in [-0.15, -0.1) is 45.3 Å². The molecule has 0 aromatic carbocycles. The van der Waals surface area contributed by atoms with E-state index in [2.05, 4.69) is 124 Å². The zero-order chi connectivity index (χ0) is 98.0. The molecule has 5 aliphatic carbocycles. The van der Waals surface area contributed by atoms with Gasteiger partial charge < -0.3 is 82.6 Å². The largest absolute Gasteiger partial charge is 0.393 e. The third-order valence-electron chi connectivity index (χ3n) is 31.3. The summed E-state index contributed by atoms with van der Waals surface area (Å²) in [4.78, 5) is 155. The molecule has 8 aromatic rings. The Morgan fingerprint density at radius 1 is 0.381 bits per heavy atom. The van der Waals surface area contributed by atoms with Gasteiger partial charge in [0.2, 0.25) is 0 Å². The standard InChI is InChI=1S/C27H37N5O3S.C26H33N5O3S.2C25H33N5O3S/c1-14-12-21(29-15(2)17-6-7-17)28-13-20(14)23-22(26(34)32-18-8-9-19(32)11-10-18)31-25(36-23)24(33)30-16(3)27(4,5)35;1-13-9-21(28-14(2)15-3-4-15)27-12-20(13)23-22(26(34)31-17-5-6-18(31)8-7-17)30-25(35-23)24(33)29-16-10-19(32)11-16;1-13(2)27-20-10-14(3)19(12-26-20)22-21(25(33)30-16-5-6-17(30)8-7-16)29-24(34-22)23(32)28-15-4-9-18(31)11-15;1-4-14(3)27-20-11-13(2)17(12-26-20)22-21(25(33)30-15-5-6-16(30)8-7-15)29-24(34-22)23(32)28-18-9-10-19(18)31/h12-13,15-19,35H,6-11H2,1-5H3,(H,28,29)(H,30,33);9,12,14-19,32H,3-8,10-11H2,1-2H3,(H,27,28)(H,29,33);10,12-13,15-18,31H,4-9,11H2,1-3H3,(H,26,27)(H,28,32);11-12,14-16,18-19,31H,4-10H2,1-3H3,(H,26,27)(H,28,32)/t15-,16+,18?,19?;14-,16?,17?,18?,19?;15-,16?,17?,18-;14-,15?,16?,18+,19+/m1101/s1. The molecule has 744 valence electrons. The van der Waals surface area contributed by atoms with Crippen LogP contribution in [-0.2, 0) is 0 Å². The fraction of sp³-hybridized carbons (Fsp3) is 0.612. The summed E-state index contributed by atoms with van der Waals surface area (Å²) >= 11 is 4.97. The lowest BCUT2D eigenvalue weighted by molar-refractivity contribution is 0.0408. The van der Waals surface area contributed by atoms with E-state index in [9.17, 15) is 58.8 Å². The molecule has 13 fully saturated rings. The molecule has 139 heavy (non-hydrogen) atoms. The summed E-state index contributed by atoms with van der Waals surface area (Å²) in [6.07, 6.45) is 33.2. The monoisotopic (exact) mass is 1970 g/mol. The average Bonchev–Trinajstić information content (AvgIpc) is 1.62. The molecular weight excluding hydrogens is 1840 g/mol. The maximum Gasteiger partial charge on any atom is 0.280 e. The molecular formula is C103H136N20O12S4. The smallest absolute Gasteiger partial charge is 0.280 e. The van der Waals surface area contributed by atoms with Crippen molar-refractivity contribution in [2.45, 2.75) is 390 Å². The maximum atomic E-state index is 13.8. The minimum absolute atomic E-state index is 0.0411. The van der Waals surface area contributed by atoms with Crippen molar-refractivity contribution in [3.8, 4) is 41.8 Å². The molecule has 16 heterocycles. The maximum absolute atomic E-state index is 13.8. The SMILES string of the molecule is CC[C@@H](C)Nc1cc(C)c(-c2sc(C(=O)N[C@H]3CC[C@@H]3O)nc2C(=O)N2C3CCC2CC3)cn1.Cc1cc(NC(C)C)ncc1-c1sc(C(=O)N[C@H]2CC[C@H](O)C2)nc1C(=O)N1C2CCC1CC2.Cc1cc(N[C@H](C)C2CC2)ncc1-c1sc(C(=O)NC2CC(O)C2)nc1C(=O)N1C2CCC1CC2.Cc1cc(N[C@H](C)C2CC2)ncc1-c1sc(C(=O)N[C@@H](C)C(C)(C)O)nc1C(=O)N1C2CCC1CC2. The minimum Gasteiger partial charge on any atom is -0.393 e. The Bertz CT molecular complexity index is 5860. The van der Waals surface area contributed by atoms with Gasteiger partial charge in [-0.1, -0.05) is 6.92 Å². The van der Waals surface area contributed by atoms with E-state index in [1.165, 1.54) is 71.0 Å². The van der Waals surface area contributed by atoms with Crippen LogP contribution in [0, 0.1) is 39.5 Å². The summed E-state index contributed by atoms with van der Waals surface area (Å²) in [5.41, 5.74) is 7.58. The predicted molar refractivity (Wildman–Crippen MR) is 540 cm³/mol. The molecule has 5 saturated carbocycles. The molecule has 32 nitrogen and oxygen atoms in total. The van der Waals surface area contributed by atoms with Crippen LogP contribution in [0.25, 0.3) is 41.8 Å². The van der Waals surface area contributed by atoms with Crippen molar-refractivity contribution in [1.29, 1.82) is 0 Å². The third kappa shape index (κ3) is 21.7. The van der Waals surface area contributed by atoms with Crippen LogP contribution < -0.4 is 42.5 Å². The first-order valence-corrected chi connectivity index (χ1v) is 54.1. The summed E-state index contributed by atoms with van der Waals surface area (Å²) < 4.78 is 0. The van der Waals surface area contributed by atoms with E-state index in [1.807, 2.05) is 77.8 Å². The lowest BCUT2D eigenvalue weighted by atomic mass is 9.89. The predicted octanol–water partition coefficient (Wildman–Crippen LogP) is 15.6. The van der Waals surface area contributed by atoms with Crippen LogP contribution in [0.15, 0.2) is 49.1 Å². The Balaban J connectivity index is 0.000000123. The van der Waals surface area contributed by atoms with Gasteiger partial charge in [-0.2, -0.15) is 0 Å². The van der Waals surface area contributed by atoms with E-state index < -0.39 is 17.7 Å². The first-order valence-electron chi connectivity index (χ1n) is 50.8. The third-order valence-corrected chi connectivity index (χ3v) is 35.6. The Kier molecular flexibility index (Phi) is 29.6. The van der Waals surface area contributed by atoms with Crippen LogP contribution in [0.4, 0.5) is 23.3 Å². The van der Waals surface area contributed by atoms with Crippen LogP contribution in [0.3, 0.4) is 0 Å². The van der Waals surface area contributed by atoms with Crippen molar-refractivity contribution in [3.05, 3.63) is 114 Å². The van der Waals surface area contributed by atoms with Crippen LogP contribution in [0.2, 0.25) is 0 Å². The first kappa shape index (κ1) is 99.1. The quantitative estimate of drug-likeness (QED) is 0.0217. The van der Waals surface area contributed by atoms with Gasteiger partial charge in [0, 0.05) is 132 Å². The normalized spacial score (nSPS) is 25.8. The van der Waals surface area contributed by atoms with Crippen molar-refractivity contribution < 1.29 is 58.8 Å². The van der Waals surface area contributed by atoms with E-state index in [1.54, 1.807) is 39.4 Å². The summed E-state index contributed by atoms with van der Waals surface area (Å²) in [5, 5.41) is 65.9. The van der Waals surface area contributed by atoms with Crippen molar-refractivity contribution in [1.82, 2.24) is 80.7 Å². The number of hydrogen-bond donors (Lipinski definition) is 12. The first-order chi connectivity index (χ1) is 66.5. The van der Waals surface area contributed by atoms with Gasteiger partial charge in [-0.25, -0.2) is 39.9 Å². The highest BCUT2D eigenvalue weighted by Gasteiger charge is 2.50. The fourth-order valence-electron chi connectivity index (χ4n) is 22.1. The van der Waals surface area contributed by atoms with Crippen molar-refractivity contribution >= 4 is 116 Å². The van der Waals surface area contributed by atoms with E-state index in [4.69, 9.17) is 0 Å². The van der Waals surface area contributed by atoms with Gasteiger partial charge in [0.1, 0.15) is 46.0 Å². The number of aromatic nitrogens is 8. The fourth-order valence-corrected chi connectivity index (χ4v) is 26.2. The number of aliphatic hydroxyl groups is 4. The average molecular weight is 1970 g/mol. The molecule has 21 rings (SSSR count). The molecule has 8 atom stereocenters. The number of pyridine rings is 4. The van der Waals surface area contributed by atoms with Crippen molar-refractivity contribution in [3.63, 3.8) is 0 Å². The lowest BCUT2D eigenvalue weighted by Gasteiger charge is -2.32. The van der Waals surface area contributed by atoms with Crippen molar-refractivity contribution in [2.75, 3.05) is 21.3 Å². The number of amides is 8. The van der Waals surface area contributed by atoms with Gasteiger partial charge >= 0.3 is 0 Å². The number of fused-ring (bicyclic) bond motifs is 8. The summed E-state index contributed by atoms with van der Waals surface area (Å²) in [6.45, 7) is 25.8. The summed E-state index contributed by atoms with van der Waals surface area (Å²) in [6, 6.07) is 10.7. The molecule has 12 N–H and O–H groups in total. The lowest BCUT2D eigenvalue weighted by Crippen LogP contribution is -2.50. The number of nitrogens with zero attached hydrogens (tertiary/aromatic N) is 12. The number of aryl methyl sites for hydroxylation is 4. The van der Waals surface area contributed by atoms with E-state index in [0.717, 1.165) is 196 Å². The highest BCUT2D eigenvalue weighted by molar-refractivity contribution is 7.18. The summed E-state index contributed by atoms with van der Waals surface area (Å²) in [7, 11) is 0. The number of hydrogen-bond acceptors (Lipinski definition) is 28. The van der Waals surface area contributed by atoms with Gasteiger partial charge in [-0.05, 0) is 321 Å². The Morgan fingerprint density at radius 2 is 0.683 bits per heavy atom. The minimum atomic E-state index is -1.08. The zero-order valence-corrected chi connectivity index (χ0v) is 85.4. The van der Waals surface area contributed by atoms with Crippen molar-refractivity contribution in [2.24, 2.45) is 11.8 Å². The number of nitrogens with one attached hydrogen (secondary N) is 8. The molecule has 0 unspecified atom stereocenters. The molecule has 8 amide bonds. The second-order valence-electron chi connectivity index (χ2n) is 42.3. The second kappa shape index (κ2) is 41.5. The molecule has 0 radical (unpaired) electrons. The zero-order valence-electron chi connectivity index (χ0n) is 82.1. The van der Waals surface area contributed by atoms with Gasteiger partial charge in [0.15, 0.2) is 20.0 Å². The molecule has 36 heteroatoms. The van der Waals surface area contributed by atoms with Crippen LogP contribution >= 0.6 is 45.3 Å². The molecule has 0 spiro atoms. The second-order valence-corrected chi connectivity index (χ2v) is 46.3. The number of aliphatic hydroxyl groups excluding tert-OH is 3. The Labute approximate surface area is 829 Å². The Hall–Kier alpha value is -10.1. The number of rotatable bonds is 28. The number of carbonyl (C=O) groups is 8.